The molecule has 1 amide bonds. The maximum atomic E-state index is 12.6. The zero-order chi connectivity index (χ0) is 31.9. The van der Waals surface area contributed by atoms with Gasteiger partial charge in [0.05, 0.1) is 41.0 Å². The third-order valence-electron chi connectivity index (χ3n) is 8.22. The van der Waals surface area contributed by atoms with Gasteiger partial charge in [0, 0.05) is 62.5 Å². The number of aryl methyl sites for hydroxylation is 2. The Kier molecular flexibility index (Phi) is 7.75. The van der Waals surface area contributed by atoms with E-state index in [-0.39, 0.29) is 11.4 Å². The van der Waals surface area contributed by atoms with Crippen LogP contribution >= 0.6 is 0 Å². The van der Waals surface area contributed by atoms with Crippen molar-refractivity contribution in [2.75, 3.05) is 50.3 Å². The first-order valence-electron chi connectivity index (χ1n) is 14.7. The standard InChI is InChI=1S/C33H37N9O3/c1-8-29(43)35-24-15-25(28(44-7)16-27(24)42(6)33(13-14-33)19-40(3)4)36-32-34-17-22(31-39-38-20(2)45-31)30(37-32)23-18-41(5)26-12-10-9-11-21(23)26/h8-12,15-18H,1,13-14,19H2,2-7H3,(H,35,43)(H,34,36,37). The lowest BCUT2D eigenvalue weighted by atomic mass is 10.1. The average molecular weight is 608 g/mol. The lowest BCUT2D eigenvalue weighted by Gasteiger charge is -2.34. The second-order valence-electron chi connectivity index (χ2n) is 11.7. The molecular formula is C33H37N9O3. The highest BCUT2D eigenvalue weighted by atomic mass is 16.5. The molecule has 6 rings (SSSR count). The van der Waals surface area contributed by atoms with Crippen LogP contribution in [0.4, 0.5) is 23.0 Å². The van der Waals surface area contributed by atoms with Crippen molar-refractivity contribution in [3.05, 3.63) is 67.3 Å². The topological polar surface area (TPSA) is 126 Å². The normalized spacial score (nSPS) is 13.6. The number of nitrogens with zero attached hydrogens (tertiary/aromatic N) is 7. The van der Waals surface area contributed by atoms with Gasteiger partial charge in [-0.05, 0) is 45.1 Å². The first kappa shape index (κ1) is 29.8. The zero-order valence-corrected chi connectivity index (χ0v) is 26.4. The van der Waals surface area contributed by atoms with Gasteiger partial charge < -0.3 is 34.2 Å². The Labute approximate surface area is 261 Å². The number of hydrogen-bond acceptors (Lipinski definition) is 10. The van der Waals surface area contributed by atoms with E-state index in [0.717, 1.165) is 41.5 Å². The fourth-order valence-electron chi connectivity index (χ4n) is 5.85. The second kappa shape index (κ2) is 11.7. The van der Waals surface area contributed by atoms with Gasteiger partial charge in [-0.1, -0.05) is 24.8 Å². The van der Waals surface area contributed by atoms with Gasteiger partial charge in [-0.3, -0.25) is 4.79 Å². The first-order chi connectivity index (χ1) is 21.6. The molecule has 1 saturated carbocycles. The van der Waals surface area contributed by atoms with Gasteiger partial charge in [0.2, 0.25) is 17.7 Å². The summed E-state index contributed by atoms with van der Waals surface area (Å²) >= 11 is 0. The summed E-state index contributed by atoms with van der Waals surface area (Å²) in [4.78, 5) is 26.6. The molecule has 0 unspecified atom stereocenters. The van der Waals surface area contributed by atoms with Crippen molar-refractivity contribution in [2.24, 2.45) is 7.05 Å². The minimum absolute atomic E-state index is 0.0312. The van der Waals surface area contributed by atoms with Gasteiger partial charge in [0.15, 0.2) is 0 Å². The summed E-state index contributed by atoms with van der Waals surface area (Å²) in [5, 5.41) is 15.6. The summed E-state index contributed by atoms with van der Waals surface area (Å²) in [7, 11) is 9.80. The SMILES string of the molecule is C=CC(=O)Nc1cc(Nc2ncc(-c3nnc(C)o3)c(-c3cn(C)c4ccccc34)n2)c(OC)cc1N(C)C1(CN(C)C)CC1. The Morgan fingerprint density at radius 3 is 2.60 bits per heavy atom. The van der Waals surface area contributed by atoms with Crippen LogP contribution in [0.2, 0.25) is 0 Å². The fraction of sp³-hybridized carbons (Fsp3) is 0.303. The first-order valence-corrected chi connectivity index (χ1v) is 14.7. The fourth-order valence-corrected chi connectivity index (χ4v) is 5.85. The number of carbonyl (C=O) groups is 1. The van der Waals surface area contributed by atoms with Crippen LogP contribution < -0.4 is 20.3 Å². The molecule has 12 nitrogen and oxygen atoms in total. The number of carbonyl (C=O) groups excluding carboxylic acids is 1. The van der Waals surface area contributed by atoms with E-state index in [1.54, 1.807) is 20.2 Å². The summed E-state index contributed by atoms with van der Waals surface area (Å²) in [6.45, 7) is 6.27. The predicted octanol–water partition coefficient (Wildman–Crippen LogP) is 5.40. The molecule has 12 heteroatoms. The van der Waals surface area contributed by atoms with Crippen LogP contribution in [0.3, 0.4) is 0 Å². The minimum atomic E-state index is -0.313. The van der Waals surface area contributed by atoms with Crippen LogP contribution in [0.25, 0.3) is 33.6 Å². The molecule has 1 fully saturated rings. The van der Waals surface area contributed by atoms with E-state index < -0.39 is 0 Å². The minimum Gasteiger partial charge on any atom is -0.494 e. The van der Waals surface area contributed by atoms with Gasteiger partial charge >= 0.3 is 0 Å². The molecule has 0 atom stereocenters. The van der Waals surface area contributed by atoms with E-state index in [0.29, 0.717) is 46.1 Å². The van der Waals surface area contributed by atoms with E-state index in [1.807, 2.05) is 37.5 Å². The number of methoxy groups -OCH3 is 1. The Morgan fingerprint density at radius 2 is 1.93 bits per heavy atom. The number of para-hydroxylation sites is 1. The van der Waals surface area contributed by atoms with Crippen molar-refractivity contribution >= 4 is 39.8 Å². The number of aromatic nitrogens is 5. The molecule has 1 aliphatic rings. The molecule has 3 heterocycles. The molecule has 2 N–H and O–H groups in total. The Bertz CT molecular complexity index is 1900. The van der Waals surface area contributed by atoms with Crippen LogP contribution in [0, 0.1) is 6.92 Å². The summed E-state index contributed by atoms with van der Waals surface area (Å²) in [5.41, 5.74) is 5.18. The van der Waals surface area contributed by atoms with Crippen LogP contribution in [-0.2, 0) is 11.8 Å². The maximum Gasteiger partial charge on any atom is 0.251 e. The zero-order valence-electron chi connectivity index (χ0n) is 26.4. The van der Waals surface area contributed by atoms with Crippen molar-refractivity contribution in [3.63, 3.8) is 0 Å². The van der Waals surface area contributed by atoms with Crippen LogP contribution in [0.1, 0.15) is 18.7 Å². The molecule has 0 bridgehead atoms. The van der Waals surface area contributed by atoms with Gasteiger partial charge in [0.1, 0.15) is 5.75 Å². The highest BCUT2D eigenvalue weighted by Crippen LogP contribution is 2.48. The second-order valence-corrected chi connectivity index (χ2v) is 11.7. The quantitative estimate of drug-likeness (QED) is 0.189. The van der Waals surface area contributed by atoms with Crippen LogP contribution in [0.5, 0.6) is 5.75 Å². The molecule has 1 aliphatic carbocycles. The van der Waals surface area contributed by atoms with E-state index in [2.05, 4.69) is 80.0 Å². The van der Waals surface area contributed by atoms with Gasteiger partial charge in [-0.15, -0.1) is 10.2 Å². The van der Waals surface area contributed by atoms with Crippen molar-refractivity contribution in [1.82, 2.24) is 29.6 Å². The number of hydrogen-bond donors (Lipinski definition) is 2. The van der Waals surface area contributed by atoms with Crippen LogP contribution in [-0.4, -0.2) is 75.9 Å². The molecular weight excluding hydrogens is 570 g/mol. The lowest BCUT2D eigenvalue weighted by molar-refractivity contribution is -0.111. The molecule has 232 valence electrons. The molecule has 0 radical (unpaired) electrons. The number of nitrogens with one attached hydrogen (secondary N) is 2. The number of ether oxygens (including phenoxy) is 1. The number of benzene rings is 2. The Morgan fingerprint density at radius 1 is 1.16 bits per heavy atom. The van der Waals surface area contributed by atoms with Gasteiger partial charge in [-0.2, -0.15) is 0 Å². The molecule has 5 aromatic rings. The number of likely N-dealkylation sites (N-methyl/N-ethyl adjacent to an activating group) is 2. The summed E-state index contributed by atoms with van der Waals surface area (Å²) in [5.74, 6) is 1.35. The van der Waals surface area contributed by atoms with Crippen LogP contribution in [0.15, 0.2) is 65.9 Å². The largest absolute Gasteiger partial charge is 0.494 e. The molecule has 3 aromatic heterocycles. The van der Waals surface area contributed by atoms with Crippen molar-refractivity contribution < 1.29 is 13.9 Å². The lowest BCUT2D eigenvalue weighted by Crippen LogP contribution is -2.42. The van der Waals surface area contributed by atoms with E-state index in [1.165, 1.54) is 6.08 Å². The van der Waals surface area contributed by atoms with Gasteiger partial charge in [-0.25, -0.2) is 9.97 Å². The third kappa shape index (κ3) is 5.72. The van der Waals surface area contributed by atoms with Crippen molar-refractivity contribution in [3.8, 4) is 28.5 Å². The monoisotopic (exact) mass is 607 g/mol. The smallest absolute Gasteiger partial charge is 0.251 e. The Balaban J connectivity index is 1.45. The van der Waals surface area contributed by atoms with Gasteiger partial charge in [0.25, 0.3) is 5.89 Å². The van der Waals surface area contributed by atoms with E-state index in [9.17, 15) is 4.79 Å². The summed E-state index contributed by atoms with van der Waals surface area (Å²) in [6, 6.07) is 11.9. The number of fused-ring (bicyclic) bond motifs is 1. The predicted molar refractivity (Wildman–Crippen MR) is 176 cm³/mol. The number of anilines is 4. The molecule has 0 aliphatic heterocycles. The molecule has 0 spiro atoms. The average Bonchev–Trinajstić information content (AvgIpc) is 3.54. The van der Waals surface area contributed by atoms with E-state index >= 15 is 0 Å². The van der Waals surface area contributed by atoms with Crippen molar-refractivity contribution in [1.29, 1.82) is 0 Å². The maximum absolute atomic E-state index is 12.6. The van der Waals surface area contributed by atoms with Crippen molar-refractivity contribution in [2.45, 2.75) is 25.3 Å². The highest BCUT2D eigenvalue weighted by molar-refractivity contribution is 6.02. The number of rotatable bonds is 11. The van der Waals surface area contributed by atoms with E-state index in [4.69, 9.17) is 14.1 Å². The molecule has 45 heavy (non-hydrogen) atoms. The summed E-state index contributed by atoms with van der Waals surface area (Å²) in [6.07, 6.45) is 7.06. The third-order valence-corrected chi connectivity index (χ3v) is 8.22. The molecule has 2 aromatic carbocycles. The molecule has 0 saturated heterocycles. The highest BCUT2D eigenvalue weighted by Gasteiger charge is 2.47. The number of amides is 1. The summed E-state index contributed by atoms with van der Waals surface area (Å²) < 4.78 is 13.7. The Hall–Kier alpha value is -5.23.